The topological polar surface area (TPSA) is 12.9 Å². The highest BCUT2D eigenvalue weighted by Gasteiger charge is 2.08. The van der Waals surface area contributed by atoms with Crippen molar-refractivity contribution < 1.29 is 0 Å². The van der Waals surface area contributed by atoms with Gasteiger partial charge in [-0.1, -0.05) is 30.4 Å². The third-order valence-electron chi connectivity index (χ3n) is 2.52. The van der Waals surface area contributed by atoms with E-state index in [-0.39, 0.29) is 0 Å². The van der Waals surface area contributed by atoms with Gasteiger partial charge in [0.25, 0.3) is 0 Å². The minimum atomic E-state index is 1.03. The Kier molecular flexibility index (Phi) is 1.28. The molecule has 0 amide bonds. The predicted octanol–water partition coefficient (Wildman–Crippen LogP) is 2.80. The Morgan fingerprint density at radius 1 is 1.15 bits per heavy atom. The molecular weight excluding hydrogens is 158 g/mol. The normalized spacial score (nSPS) is 13.5. The van der Waals surface area contributed by atoms with E-state index < -0.39 is 0 Å². The van der Waals surface area contributed by atoms with Crippen LogP contribution in [0, 0.1) is 0 Å². The summed E-state index contributed by atoms with van der Waals surface area (Å²) in [7, 11) is 0. The molecule has 1 aliphatic carbocycles. The summed E-state index contributed by atoms with van der Waals surface area (Å²) in [6.45, 7) is 0. The number of para-hydroxylation sites is 1. The summed E-state index contributed by atoms with van der Waals surface area (Å²) in [5, 5.41) is 1.27. The lowest BCUT2D eigenvalue weighted by atomic mass is 10.1. The van der Waals surface area contributed by atoms with Crippen molar-refractivity contribution in [2.24, 2.45) is 0 Å². The lowest BCUT2D eigenvalue weighted by Gasteiger charge is -2.02. The highest BCUT2D eigenvalue weighted by Crippen LogP contribution is 2.26. The Labute approximate surface area is 76.7 Å². The van der Waals surface area contributed by atoms with Gasteiger partial charge in [-0.05, 0) is 23.6 Å². The second kappa shape index (κ2) is 2.43. The van der Waals surface area contributed by atoms with E-state index in [4.69, 9.17) is 0 Å². The number of rotatable bonds is 0. The largest absolute Gasteiger partial charge is 0.256 e. The first-order valence-electron chi connectivity index (χ1n) is 4.48. The van der Waals surface area contributed by atoms with Crippen molar-refractivity contribution in [2.45, 2.75) is 6.42 Å². The van der Waals surface area contributed by atoms with E-state index in [2.05, 4.69) is 35.3 Å². The maximum absolute atomic E-state index is 4.41. The molecule has 62 valence electrons. The lowest BCUT2D eigenvalue weighted by Crippen LogP contribution is -1.86. The van der Waals surface area contributed by atoms with Gasteiger partial charge in [0.1, 0.15) is 0 Å². The number of hydrogen-bond donors (Lipinski definition) is 0. The molecular formula is C12H9N. The Morgan fingerprint density at radius 2 is 2.08 bits per heavy atom. The zero-order valence-electron chi connectivity index (χ0n) is 7.20. The number of hydrogen-bond acceptors (Lipinski definition) is 1. The molecule has 0 aliphatic heterocycles. The number of aromatic nitrogens is 1. The van der Waals surface area contributed by atoms with Gasteiger partial charge in [0.15, 0.2) is 0 Å². The minimum absolute atomic E-state index is 1.03. The summed E-state index contributed by atoms with van der Waals surface area (Å²) in [5.74, 6) is 0. The summed E-state index contributed by atoms with van der Waals surface area (Å²) in [6.07, 6.45) is 7.41. The lowest BCUT2D eigenvalue weighted by molar-refractivity contribution is 1.25. The quantitative estimate of drug-likeness (QED) is 0.588. The number of fused-ring (bicyclic) bond motifs is 3. The minimum Gasteiger partial charge on any atom is -0.256 e. The molecule has 0 bridgehead atoms. The van der Waals surface area contributed by atoms with Crippen LogP contribution in [0.15, 0.2) is 36.5 Å². The van der Waals surface area contributed by atoms with Crippen molar-refractivity contribution >= 4 is 17.0 Å². The summed E-state index contributed by atoms with van der Waals surface area (Å²) in [6, 6.07) is 8.29. The first-order chi connectivity index (χ1) is 6.45. The molecule has 0 spiro atoms. The molecule has 1 aliphatic rings. The second-order valence-corrected chi connectivity index (χ2v) is 3.32. The van der Waals surface area contributed by atoms with Gasteiger partial charge in [0, 0.05) is 11.6 Å². The van der Waals surface area contributed by atoms with Crippen LogP contribution in [0.5, 0.6) is 0 Å². The number of nitrogens with zero attached hydrogens (tertiary/aromatic N) is 1. The van der Waals surface area contributed by atoms with Gasteiger partial charge in [0.05, 0.1) is 5.52 Å². The van der Waals surface area contributed by atoms with Gasteiger partial charge < -0.3 is 0 Å². The maximum atomic E-state index is 4.41. The molecule has 2 aromatic rings. The van der Waals surface area contributed by atoms with Crippen LogP contribution in [-0.4, -0.2) is 4.98 Å². The third kappa shape index (κ3) is 0.903. The Morgan fingerprint density at radius 3 is 3.08 bits per heavy atom. The highest BCUT2D eigenvalue weighted by atomic mass is 14.7. The van der Waals surface area contributed by atoms with Gasteiger partial charge in [-0.3, -0.25) is 4.98 Å². The van der Waals surface area contributed by atoms with Crippen LogP contribution in [0.4, 0.5) is 0 Å². The first kappa shape index (κ1) is 6.84. The zero-order valence-corrected chi connectivity index (χ0v) is 7.20. The van der Waals surface area contributed by atoms with Crippen molar-refractivity contribution in [3.8, 4) is 0 Å². The molecule has 1 nitrogen and oxygen atoms in total. The van der Waals surface area contributed by atoms with Crippen LogP contribution in [0.2, 0.25) is 0 Å². The summed E-state index contributed by atoms with van der Waals surface area (Å²) >= 11 is 0. The molecule has 0 atom stereocenters. The molecule has 0 fully saturated rings. The fourth-order valence-corrected chi connectivity index (χ4v) is 1.87. The van der Waals surface area contributed by atoms with Crippen LogP contribution in [0.3, 0.4) is 0 Å². The molecule has 0 saturated heterocycles. The van der Waals surface area contributed by atoms with Gasteiger partial charge in [0.2, 0.25) is 0 Å². The first-order valence-corrected chi connectivity index (χ1v) is 4.48. The third-order valence-corrected chi connectivity index (χ3v) is 2.52. The Bertz CT molecular complexity index is 497. The number of benzene rings is 1. The fourth-order valence-electron chi connectivity index (χ4n) is 1.87. The molecule has 0 unspecified atom stereocenters. The van der Waals surface area contributed by atoms with E-state index in [0.29, 0.717) is 0 Å². The zero-order chi connectivity index (χ0) is 8.67. The monoisotopic (exact) mass is 167 g/mol. The predicted molar refractivity (Wildman–Crippen MR) is 54.5 cm³/mol. The van der Waals surface area contributed by atoms with Crippen LogP contribution in [0.1, 0.15) is 11.1 Å². The molecule has 3 rings (SSSR count). The Hall–Kier alpha value is -1.63. The molecule has 1 heteroatoms. The van der Waals surface area contributed by atoms with Gasteiger partial charge in [-0.15, -0.1) is 0 Å². The van der Waals surface area contributed by atoms with E-state index in [0.717, 1.165) is 11.9 Å². The van der Waals surface area contributed by atoms with Gasteiger partial charge in [-0.2, -0.15) is 0 Å². The standard InChI is InChI=1S/C12H9N/c1-2-7-12-11(5-1)10-6-3-4-9(10)8-13-12/h1-3,5-8H,4H2. The van der Waals surface area contributed by atoms with Crippen LogP contribution >= 0.6 is 0 Å². The van der Waals surface area contributed by atoms with E-state index in [9.17, 15) is 0 Å². The maximum Gasteiger partial charge on any atom is 0.0708 e. The van der Waals surface area contributed by atoms with Crippen molar-refractivity contribution in [1.29, 1.82) is 0 Å². The average molecular weight is 167 g/mol. The highest BCUT2D eigenvalue weighted by molar-refractivity contribution is 5.90. The van der Waals surface area contributed by atoms with Gasteiger partial charge in [-0.25, -0.2) is 0 Å². The van der Waals surface area contributed by atoms with Crippen LogP contribution in [0.25, 0.3) is 17.0 Å². The molecule has 0 radical (unpaired) electrons. The number of allylic oxidation sites excluding steroid dienone is 1. The smallest absolute Gasteiger partial charge is 0.0708 e. The number of pyridine rings is 1. The SMILES string of the molecule is C1=Cc2c(cnc3ccccc23)C1. The molecule has 1 heterocycles. The molecule has 1 aromatic heterocycles. The molecule has 13 heavy (non-hydrogen) atoms. The molecule has 0 saturated carbocycles. The van der Waals surface area contributed by atoms with E-state index in [1.165, 1.54) is 16.5 Å². The molecule has 1 aromatic carbocycles. The Balaban J connectivity index is 2.49. The fraction of sp³-hybridized carbons (Fsp3) is 0.0833. The van der Waals surface area contributed by atoms with Crippen LogP contribution < -0.4 is 0 Å². The summed E-state index contributed by atoms with van der Waals surface area (Å²) in [4.78, 5) is 4.41. The van der Waals surface area contributed by atoms with Crippen molar-refractivity contribution in [3.05, 3.63) is 47.7 Å². The molecule has 0 N–H and O–H groups in total. The summed E-state index contributed by atoms with van der Waals surface area (Å²) < 4.78 is 0. The van der Waals surface area contributed by atoms with Crippen molar-refractivity contribution in [1.82, 2.24) is 4.98 Å². The van der Waals surface area contributed by atoms with Crippen LogP contribution in [-0.2, 0) is 6.42 Å². The van der Waals surface area contributed by atoms with E-state index in [1.807, 2.05) is 12.3 Å². The van der Waals surface area contributed by atoms with E-state index >= 15 is 0 Å². The van der Waals surface area contributed by atoms with Gasteiger partial charge >= 0.3 is 0 Å². The second-order valence-electron chi connectivity index (χ2n) is 3.32. The average Bonchev–Trinajstić information content (AvgIpc) is 2.65. The summed E-state index contributed by atoms with van der Waals surface area (Å²) in [5.41, 5.74) is 3.79. The van der Waals surface area contributed by atoms with E-state index in [1.54, 1.807) is 0 Å². The van der Waals surface area contributed by atoms with Crippen molar-refractivity contribution in [2.75, 3.05) is 0 Å². The van der Waals surface area contributed by atoms with Crippen molar-refractivity contribution in [3.63, 3.8) is 0 Å².